The van der Waals surface area contributed by atoms with Crippen molar-refractivity contribution in [2.45, 2.75) is 32.8 Å². The molecule has 0 amide bonds. The van der Waals surface area contributed by atoms with E-state index >= 15 is 0 Å². The van der Waals surface area contributed by atoms with Crippen molar-refractivity contribution in [1.29, 1.82) is 0 Å². The first kappa shape index (κ1) is 15.5. The molecular formula is C17H21FN4O. The van der Waals surface area contributed by atoms with E-state index in [1.807, 2.05) is 19.9 Å². The number of anilines is 3. The lowest BCUT2D eigenvalue weighted by Gasteiger charge is -2.19. The van der Waals surface area contributed by atoms with Crippen LogP contribution in [0.4, 0.5) is 21.8 Å². The normalized spacial score (nSPS) is 14.3. The number of aromatic nitrogens is 2. The highest BCUT2D eigenvalue weighted by Crippen LogP contribution is 2.25. The molecule has 0 unspecified atom stereocenters. The van der Waals surface area contributed by atoms with Crippen molar-refractivity contribution in [2.75, 3.05) is 23.3 Å². The Labute approximate surface area is 135 Å². The van der Waals surface area contributed by atoms with Gasteiger partial charge in [-0.05, 0) is 51.0 Å². The SMILES string of the molecule is CC(C)Oc1cc(N2CCCC2)nc(Nc2ccc(F)cc2)n1. The number of rotatable bonds is 5. The molecule has 2 aromatic rings. The van der Waals surface area contributed by atoms with E-state index in [-0.39, 0.29) is 11.9 Å². The summed E-state index contributed by atoms with van der Waals surface area (Å²) in [4.78, 5) is 11.2. The number of halogens is 1. The van der Waals surface area contributed by atoms with Gasteiger partial charge in [-0.3, -0.25) is 0 Å². The molecule has 0 spiro atoms. The average molecular weight is 316 g/mol. The van der Waals surface area contributed by atoms with Crippen LogP contribution in [0.2, 0.25) is 0 Å². The molecule has 1 aliphatic rings. The third-order valence-electron chi connectivity index (χ3n) is 3.58. The summed E-state index contributed by atoms with van der Waals surface area (Å²) in [6.07, 6.45) is 2.38. The summed E-state index contributed by atoms with van der Waals surface area (Å²) >= 11 is 0. The molecule has 0 bridgehead atoms. The summed E-state index contributed by atoms with van der Waals surface area (Å²) in [6, 6.07) is 7.99. The minimum atomic E-state index is -0.272. The Morgan fingerprint density at radius 1 is 1.13 bits per heavy atom. The first-order valence-electron chi connectivity index (χ1n) is 7.93. The Bertz CT molecular complexity index is 654. The van der Waals surface area contributed by atoms with E-state index in [0.29, 0.717) is 11.8 Å². The second-order valence-electron chi connectivity index (χ2n) is 5.88. The van der Waals surface area contributed by atoms with Crippen molar-refractivity contribution >= 4 is 17.5 Å². The van der Waals surface area contributed by atoms with Crippen LogP contribution in [0.25, 0.3) is 0 Å². The van der Waals surface area contributed by atoms with Gasteiger partial charge in [-0.25, -0.2) is 4.39 Å². The number of ether oxygens (including phenoxy) is 1. The van der Waals surface area contributed by atoms with E-state index < -0.39 is 0 Å². The second kappa shape index (κ2) is 6.81. The lowest BCUT2D eigenvalue weighted by Crippen LogP contribution is -2.20. The van der Waals surface area contributed by atoms with E-state index in [4.69, 9.17) is 4.74 Å². The van der Waals surface area contributed by atoms with Crippen molar-refractivity contribution in [1.82, 2.24) is 9.97 Å². The zero-order chi connectivity index (χ0) is 16.2. The van der Waals surface area contributed by atoms with Crippen LogP contribution in [-0.4, -0.2) is 29.2 Å². The number of nitrogens with one attached hydrogen (secondary N) is 1. The van der Waals surface area contributed by atoms with Gasteiger partial charge in [0, 0.05) is 24.8 Å². The van der Waals surface area contributed by atoms with Crippen LogP contribution in [0.15, 0.2) is 30.3 Å². The van der Waals surface area contributed by atoms with Gasteiger partial charge in [-0.15, -0.1) is 0 Å². The molecule has 1 fully saturated rings. The summed E-state index contributed by atoms with van der Waals surface area (Å²) in [5.41, 5.74) is 0.737. The molecule has 0 radical (unpaired) electrons. The fraction of sp³-hybridized carbons (Fsp3) is 0.412. The predicted molar refractivity (Wildman–Crippen MR) is 88.9 cm³/mol. The van der Waals surface area contributed by atoms with Crippen LogP contribution in [-0.2, 0) is 0 Å². The average Bonchev–Trinajstić information content (AvgIpc) is 3.03. The molecule has 6 heteroatoms. The highest BCUT2D eigenvalue weighted by Gasteiger charge is 2.17. The zero-order valence-corrected chi connectivity index (χ0v) is 13.4. The smallest absolute Gasteiger partial charge is 0.232 e. The van der Waals surface area contributed by atoms with Gasteiger partial charge in [0.05, 0.1) is 6.10 Å². The van der Waals surface area contributed by atoms with Gasteiger partial charge < -0.3 is 15.0 Å². The molecule has 23 heavy (non-hydrogen) atoms. The van der Waals surface area contributed by atoms with Gasteiger partial charge in [-0.2, -0.15) is 9.97 Å². The number of hydrogen-bond acceptors (Lipinski definition) is 5. The molecule has 1 aliphatic heterocycles. The van der Waals surface area contributed by atoms with Crippen LogP contribution in [0.1, 0.15) is 26.7 Å². The molecule has 0 aliphatic carbocycles. The molecule has 0 saturated carbocycles. The molecule has 3 rings (SSSR count). The fourth-order valence-electron chi connectivity index (χ4n) is 2.54. The van der Waals surface area contributed by atoms with Gasteiger partial charge in [-0.1, -0.05) is 0 Å². The Balaban J connectivity index is 1.87. The largest absolute Gasteiger partial charge is 0.475 e. The first-order valence-corrected chi connectivity index (χ1v) is 7.93. The summed E-state index contributed by atoms with van der Waals surface area (Å²) in [5, 5.41) is 3.11. The monoisotopic (exact) mass is 316 g/mol. The van der Waals surface area contributed by atoms with Gasteiger partial charge in [0.1, 0.15) is 11.6 Å². The summed E-state index contributed by atoms with van der Waals surface area (Å²) in [5.74, 6) is 1.59. The Hall–Kier alpha value is -2.37. The maximum Gasteiger partial charge on any atom is 0.232 e. The number of hydrogen-bond donors (Lipinski definition) is 1. The molecule has 1 aromatic heterocycles. The van der Waals surface area contributed by atoms with Crippen molar-refractivity contribution < 1.29 is 9.13 Å². The lowest BCUT2D eigenvalue weighted by atomic mass is 10.3. The molecular weight excluding hydrogens is 295 g/mol. The summed E-state index contributed by atoms with van der Waals surface area (Å²) in [7, 11) is 0. The van der Waals surface area contributed by atoms with Gasteiger partial charge >= 0.3 is 0 Å². The lowest BCUT2D eigenvalue weighted by molar-refractivity contribution is 0.232. The Kier molecular flexibility index (Phi) is 4.60. The maximum absolute atomic E-state index is 13.0. The van der Waals surface area contributed by atoms with Gasteiger partial charge in [0.25, 0.3) is 0 Å². The molecule has 1 N–H and O–H groups in total. The highest BCUT2D eigenvalue weighted by molar-refractivity contribution is 5.56. The minimum absolute atomic E-state index is 0.0370. The topological polar surface area (TPSA) is 50.3 Å². The number of nitrogens with zero attached hydrogens (tertiary/aromatic N) is 3. The van der Waals surface area contributed by atoms with E-state index in [0.717, 1.165) is 24.6 Å². The second-order valence-corrected chi connectivity index (χ2v) is 5.88. The molecule has 0 atom stereocenters. The van der Waals surface area contributed by atoms with Crippen LogP contribution in [0, 0.1) is 5.82 Å². The highest BCUT2D eigenvalue weighted by atomic mass is 19.1. The van der Waals surface area contributed by atoms with Crippen molar-refractivity contribution in [3.8, 4) is 5.88 Å². The van der Waals surface area contributed by atoms with E-state index in [1.54, 1.807) is 12.1 Å². The number of benzene rings is 1. The van der Waals surface area contributed by atoms with Crippen LogP contribution in [0.3, 0.4) is 0 Å². The standard InChI is InChI=1S/C17H21FN4O/c1-12(2)23-16-11-15(22-9-3-4-10-22)20-17(21-16)19-14-7-5-13(18)6-8-14/h5-8,11-12H,3-4,9-10H2,1-2H3,(H,19,20,21). The van der Waals surface area contributed by atoms with E-state index in [9.17, 15) is 4.39 Å². The molecule has 1 aromatic carbocycles. The molecule has 122 valence electrons. The molecule has 5 nitrogen and oxygen atoms in total. The molecule has 1 saturated heterocycles. The van der Waals surface area contributed by atoms with Crippen LogP contribution >= 0.6 is 0 Å². The van der Waals surface area contributed by atoms with E-state index in [2.05, 4.69) is 20.2 Å². The van der Waals surface area contributed by atoms with Crippen molar-refractivity contribution in [2.24, 2.45) is 0 Å². The van der Waals surface area contributed by atoms with Crippen molar-refractivity contribution in [3.05, 3.63) is 36.1 Å². The van der Waals surface area contributed by atoms with Crippen LogP contribution in [0.5, 0.6) is 5.88 Å². The van der Waals surface area contributed by atoms with Gasteiger partial charge in [0.2, 0.25) is 11.8 Å². The third kappa shape index (κ3) is 4.09. The summed E-state index contributed by atoms with van der Waals surface area (Å²) in [6.45, 7) is 5.91. The molecule has 2 heterocycles. The van der Waals surface area contributed by atoms with Crippen LogP contribution < -0.4 is 15.0 Å². The predicted octanol–water partition coefficient (Wildman–Crippen LogP) is 3.75. The quantitative estimate of drug-likeness (QED) is 0.910. The fourth-order valence-corrected chi connectivity index (χ4v) is 2.54. The maximum atomic E-state index is 13.0. The Morgan fingerprint density at radius 2 is 1.83 bits per heavy atom. The van der Waals surface area contributed by atoms with Gasteiger partial charge in [0.15, 0.2) is 0 Å². The zero-order valence-electron chi connectivity index (χ0n) is 13.4. The minimum Gasteiger partial charge on any atom is -0.475 e. The third-order valence-corrected chi connectivity index (χ3v) is 3.58. The van der Waals surface area contributed by atoms with Crippen molar-refractivity contribution in [3.63, 3.8) is 0 Å². The van der Waals surface area contributed by atoms with E-state index in [1.165, 1.54) is 25.0 Å². The first-order chi connectivity index (χ1) is 11.1. The summed E-state index contributed by atoms with van der Waals surface area (Å²) < 4.78 is 18.7. The Morgan fingerprint density at radius 3 is 2.48 bits per heavy atom.